The first-order chi connectivity index (χ1) is 11.1. The molecule has 124 valence electrons. The lowest BCUT2D eigenvalue weighted by atomic mass is 10.1. The molecule has 0 saturated heterocycles. The second-order valence-electron chi connectivity index (χ2n) is 5.54. The van der Waals surface area contributed by atoms with Crippen LogP contribution >= 0.6 is 11.3 Å². The summed E-state index contributed by atoms with van der Waals surface area (Å²) in [6, 6.07) is 11.6. The summed E-state index contributed by atoms with van der Waals surface area (Å²) in [5.74, 6) is 0. The molecule has 3 N–H and O–H groups in total. The van der Waals surface area contributed by atoms with E-state index in [4.69, 9.17) is 5.11 Å². The van der Waals surface area contributed by atoms with Gasteiger partial charge in [0, 0.05) is 18.0 Å². The molecule has 0 radical (unpaired) electrons. The molecular weight excluding hydrogens is 310 g/mol. The summed E-state index contributed by atoms with van der Waals surface area (Å²) in [6.07, 6.45) is 0. The first-order valence-electron chi connectivity index (χ1n) is 7.50. The minimum absolute atomic E-state index is 0.00532. The number of thiophene rings is 1. The highest BCUT2D eigenvalue weighted by molar-refractivity contribution is 7.10. The monoisotopic (exact) mass is 333 g/mol. The molecule has 1 aromatic heterocycles. The lowest BCUT2D eigenvalue weighted by molar-refractivity contribution is 0.233. The molecule has 0 aliphatic carbocycles. The van der Waals surface area contributed by atoms with E-state index in [1.807, 2.05) is 49.8 Å². The lowest BCUT2D eigenvalue weighted by Crippen LogP contribution is -2.40. The van der Waals surface area contributed by atoms with Crippen molar-refractivity contribution in [2.75, 3.05) is 20.6 Å². The molecule has 0 fully saturated rings. The zero-order valence-electron chi connectivity index (χ0n) is 13.5. The average Bonchev–Trinajstić information content (AvgIpc) is 3.07. The molecular formula is C17H23N3O2S. The van der Waals surface area contributed by atoms with Crippen LogP contribution in [0.5, 0.6) is 0 Å². The standard InChI is InChI=1S/C17H23N3O2S/c1-20(2)15(16-7-4-8-23-16)11-19-17(22)18-10-13-5-3-6-14(9-13)12-21/h3-9,15,21H,10-12H2,1-2H3,(H2,18,19,22). The smallest absolute Gasteiger partial charge is 0.315 e. The highest BCUT2D eigenvalue weighted by Crippen LogP contribution is 2.22. The van der Waals surface area contributed by atoms with Crippen LogP contribution < -0.4 is 10.6 Å². The maximum Gasteiger partial charge on any atom is 0.315 e. The van der Waals surface area contributed by atoms with E-state index in [0.717, 1.165) is 11.1 Å². The third kappa shape index (κ3) is 5.35. The SMILES string of the molecule is CN(C)C(CNC(=O)NCc1cccc(CO)c1)c1cccs1. The first-order valence-corrected chi connectivity index (χ1v) is 8.38. The van der Waals surface area contributed by atoms with Crippen molar-refractivity contribution in [3.8, 4) is 0 Å². The van der Waals surface area contributed by atoms with Gasteiger partial charge in [-0.15, -0.1) is 11.3 Å². The summed E-state index contributed by atoms with van der Waals surface area (Å²) < 4.78 is 0. The summed E-state index contributed by atoms with van der Waals surface area (Å²) in [5.41, 5.74) is 1.81. The second-order valence-corrected chi connectivity index (χ2v) is 6.52. The topological polar surface area (TPSA) is 64.6 Å². The minimum Gasteiger partial charge on any atom is -0.392 e. The number of carbonyl (C=O) groups is 1. The number of carbonyl (C=O) groups excluding carboxylic acids is 1. The highest BCUT2D eigenvalue weighted by atomic mass is 32.1. The van der Waals surface area contributed by atoms with Crippen LogP contribution in [0.3, 0.4) is 0 Å². The number of nitrogens with one attached hydrogen (secondary N) is 2. The van der Waals surface area contributed by atoms with Crippen molar-refractivity contribution in [3.05, 3.63) is 57.8 Å². The fourth-order valence-corrected chi connectivity index (χ4v) is 3.21. The average molecular weight is 333 g/mol. The molecule has 0 aliphatic heterocycles. The van der Waals surface area contributed by atoms with Gasteiger partial charge in [-0.3, -0.25) is 0 Å². The predicted molar refractivity (Wildman–Crippen MR) is 93.4 cm³/mol. The fraction of sp³-hybridized carbons (Fsp3) is 0.353. The number of benzene rings is 1. The molecule has 1 heterocycles. The Kier molecular flexibility index (Phi) is 6.58. The Hall–Kier alpha value is -1.89. The van der Waals surface area contributed by atoms with Crippen molar-refractivity contribution in [1.82, 2.24) is 15.5 Å². The number of urea groups is 1. The van der Waals surface area contributed by atoms with Gasteiger partial charge in [-0.25, -0.2) is 4.79 Å². The van der Waals surface area contributed by atoms with Crippen LogP contribution in [0, 0.1) is 0 Å². The van der Waals surface area contributed by atoms with Crippen LogP contribution in [0.2, 0.25) is 0 Å². The van der Waals surface area contributed by atoms with E-state index in [1.54, 1.807) is 11.3 Å². The summed E-state index contributed by atoms with van der Waals surface area (Å²) in [5, 5.41) is 16.9. The van der Waals surface area contributed by atoms with Crippen molar-refractivity contribution in [2.45, 2.75) is 19.2 Å². The van der Waals surface area contributed by atoms with Gasteiger partial charge in [0.1, 0.15) is 0 Å². The van der Waals surface area contributed by atoms with Crippen LogP contribution in [0.1, 0.15) is 22.0 Å². The summed E-state index contributed by atoms with van der Waals surface area (Å²) in [6.45, 7) is 0.993. The number of rotatable bonds is 7. The van der Waals surface area contributed by atoms with Gasteiger partial charge in [-0.05, 0) is 36.7 Å². The highest BCUT2D eigenvalue weighted by Gasteiger charge is 2.15. The number of amides is 2. The first kappa shape index (κ1) is 17.5. The molecule has 1 aromatic carbocycles. The molecule has 0 bridgehead atoms. The molecule has 2 rings (SSSR count). The van der Waals surface area contributed by atoms with Crippen LogP contribution in [0.25, 0.3) is 0 Å². The molecule has 23 heavy (non-hydrogen) atoms. The largest absolute Gasteiger partial charge is 0.392 e. The molecule has 1 unspecified atom stereocenters. The Bertz CT molecular complexity index is 614. The van der Waals surface area contributed by atoms with E-state index in [9.17, 15) is 4.79 Å². The Morgan fingerprint density at radius 1 is 1.22 bits per heavy atom. The third-order valence-corrected chi connectivity index (χ3v) is 4.55. The van der Waals surface area contributed by atoms with Crippen LogP contribution in [0.15, 0.2) is 41.8 Å². The van der Waals surface area contributed by atoms with Crippen LogP contribution in [-0.2, 0) is 13.2 Å². The predicted octanol–water partition coefficient (Wildman–Crippen LogP) is 2.34. The molecule has 0 aliphatic rings. The van der Waals surface area contributed by atoms with E-state index < -0.39 is 0 Å². The normalized spacial score (nSPS) is 12.2. The Morgan fingerprint density at radius 3 is 2.65 bits per heavy atom. The third-order valence-electron chi connectivity index (χ3n) is 3.58. The number of hydrogen-bond donors (Lipinski definition) is 3. The number of hydrogen-bond acceptors (Lipinski definition) is 4. The molecule has 5 nitrogen and oxygen atoms in total. The van der Waals surface area contributed by atoms with Gasteiger partial charge in [0.25, 0.3) is 0 Å². The molecule has 2 aromatic rings. The number of aliphatic hydroxyl groups excluding tert-OH is 1. The van der Waals surface area contributed by atoms with E-state index >= 15 is 0 Å². The number of aliphatic hydroxyl groups is 1. The van der Waals surface area contributed by atoms with Crippen molar-refractivity contribution in [2.24, 2.45) is 0 Å². The van der Waals surface area contributed by atoms with Gasteiger partial charge in [-0.2, -0.15) is 0 Å². The number of nitrogens with zero attached hydrogens (tertiary/aromatic N) is 1. The van der Waals surface area contributed by atoms with Crippen molar-refractivity contribution < 1.29 is 9.90 Å². The molecule has 0 saturated carbocycles. The van der Waals surface area contributed by atoms with E-state index in [-0.39, 0.29) is 18.7 Å². The van der Waals surface area contributed by atoms with Crippen LogP contribution in [-0.4, -0.2) is 36.7 Å². The van der Waals surface area contributed by atoms with Crippen molar-refractivity contribution in [3.63, 3.8) is 0 Å². The second kappa shape index (κ2) is 8.67. The van der Waals surface area contributed by atoms with Gasteiger partial charge in [0.05, 0.1) is 12.6 Å². The van der Waals surface area contributed by atoms with E-state index in [1.165, 1.54) is 4.88 Å². The quantitative estimate of drug-likeness (QED) is 0.729. The van der Waals surface area contributed by atoms with Crippen molar-refractivity contribution >= 4 is 17.4 Å². The maximum absolute atomic E-state index is 12.0. The van der Waals surface area contributed by atoms with Gasteiger partial charge >= 0.3 is 6.03 Å². The molecule has 0 spiro atoms. The van der Waals surface area contributed by atoms with Gasteiger partial charge in [0.2, 0.25) is 0 Å². The van der Waals surface area contributed by atoms with Gasteiger partial charge in [0.15, 0.2) is 0 Å². The fourth-order valence-electron chi connectivity index (χ4n) is 2.29. The maximum atomic E-state index is 12.0. The Morgan fingerprint density at radius 2 is 2.00 bits per heavy atom. The minimum atomic E-state index is -0.192. The zero-order chi connectivity index (χ0) is 16.7. The summed E-state index contributed by atoms with van der Waals surface area (Å²) >= 11 is 1.69. The summed E-state index contributed by atoms with van der Waals surface area (Å²) in [7, 11) is 4.01. The van der Waals surface area contributed by atoms with E-state index in [0.29, 0.717) is 13.1 Å². The van der Waals surface area contributed by atoms with Crippen molar-refractivity contribution in [1.29, 1.82) is 0 Å². The Labute approximate surface area is 140 Å². The molecule has 1 atom stereocenters. The summed E-state index contributed by atoms with van der Waals surface area (Å²) in [4.78, 5) is 15.3. The van der Waals surface area contributed by atoms with Gasteiger partial charge in [-0.1, -0.05) is 30.3 Å². The lowest BCUT2D eigenvalue weighted by Gasteiger charge is -2.23. The van der Waals surface area contributed by atoms with Crippen LogP contribution in [0.4, 0.5) is 4.79 Å². The molecule has 6 heteroatoms. The Balaban J connectivity index is 1.82. The zero-order valence-corrected chi connectivity index (χ0v) is 14.3. The van der Waals surface area contributed by atoms with Gasteiger partial charge < -0.3 is 20.6 Å². The number of likely N-dealkylation sites (N-methyl/N-ethyl adjacent to an activating group) is 1. The molecule has 2 amide bonds. The van der Waals surface area contributed by atoms with E-state index in [2.05, 4.69) is 21.6 Å².